The van der Waals surface area contributed by atoms with E-state index in [1.54, 1.807) is 42.2 Å². The third-order valence-corrected chi connectivity index (χ3v) is 6.09. The Morgan fingerprint density at radius 1 is 1.19 bits per heavy atom. The van der Waals surface area contributed by atoms with Crippen LogP contribution in [0.5, 0.6) is 5.75 Å². The van der Waals surface area contributed by atoms with Gasteiger partial charge in [-0.25, -0.2) is 4.98 Å². The number of methoxy groups -OCH3 is 2. The van der Waals surface area contributed by atoms with E-state index in [-0.39, 0.29) is 54.3 Å². The van der Waals surface area contributed by atoms with Gasteiger partial charge in [0, 0.05) is 58.4 Å². The average Bonchev–Trinajstić information content (AvgIpc) is 2.88. The topological polar surface area (TPSA) is 123 Å². The van der Waals surface area contributed by atoms with Gasteiger partial charge >= 0.3 is 0 Å². The van der Waals surface area contributed by atoms with Crippen LogP contribution in [0, 0.1) is 5.92 Å². The summed E-state index contributed by atoms with van der Waals surface area (Å²) in [5.41, 5.74) is 0.833. The second kappa shape index (κ2) is 12.4. The lowest BCUT2D eigenvalue weighted by Gasteiger charge is -2.36. The summed E-state index contributed by atoms with van der Waals surface area (Å²) in [4.78, 5) is 49.9. The summed E-state index contributed by atoms with van der Waals surface area (Å²) in [6.07, 6.45) is 3.94. The Kier molecular flexibility index (Phi) is 9.31. The number of carbonyl (C=O) groups is 3. The third-order valence-electron chi connectivity index (χ3n) is 6.09. The van der Waals surface area contributed by atoms with Crippen LogP contribution in [-0.2, 0) is 14.3 Å². The molecule has 1 aliphatic rings. The SMILES string of the molecule is COCC(=O)N1C[C@@H](C)[C@@H](OC)CN(C)C(=O)c2cc(NC(=O)c3cnccn3)ccc2OC[C@H]1C. The standard InChI is InChI=1S/C25H33N5O6/c1-16-12-30(23(31)15-34-4)17(2)14-36-21-7-6-18(28-24(32)20-11-26-8-9-27-20)10-19(21)25(33)29(3)13-22(16)35-5/h6-11,16-17,22H,12-15H2,1-5H3,(H,28,32)/t16-,17-,22+/m1/s1. The molecule has 0 bridgehead atoms. The van der Waals surface area contributed by atoms with Crippen molar-refractivity contribution in [1.29, 1.82) is 0 Å². The minimum atomic E-state index is -0.452. The highest BCUT2D eigenvalue weighted by atomic mass is 16.5. The summed E-state index contributed by atoms with van der Waals surface area (Å²) < 4.78 is 16.8. The van der Waals surface area contributed by atoms with E-state index in [0.29, 0.717) is 24.5 Å². The molecule has 0 aliphatic carbocycles. The van der Waals surface area contributed by atoms with Gasteiger partial charge in [0.15, 0.2) is 0 Å². The molecule has 0 radical (unpaired) electrons. The van der Waals surface area contributed by atoms with Gasteiger partial charge in [-0.1, -0.05) is 6.92 Å². The molecule has 0 spiro atoms. The molecule has 1 N–H and O–H groups in total. The number of nitrogens with zero attached hydrogens (tertiary/aromatic N) is 4. The second-order valence-electron chi connectivity index (χ2n) is 8.83. The number of fused-ring (bicyclic) bond motifs is 1. The number of amides is 3. The summed E-state index contributed by atoms with van der Waals surface area (Å²) in [7, 11) is 4.75. The first-order chi connectivity index (χ1) is 17.2. The molecule has 3 amide bonds. The first-order valence-electron chi connectivity index (χ1n) is 11.7. The van der Waals surface area contributed by atoms with E-state index in [1.165, 1.54) is 25.7 Å². The molecular weight excluding hydrogens is 466 g/mol. The van der Waals surface area contributed by atoms with Crippen LogP contribution in [0.2, 0.25) is 0 Å². The maximum atomic E-state index is 13.4. The maximum Gasteiger partial charge on any atom is 0.275 e. The summed E-state index contributed by atoms with van der Waals surface area (Å²) in [6.45, 7) is 4.71. The fraction of sp³-hybridized carbons (Fsp3) is 0.480. The normalized spacial score (nSPS) is 21.0. The number of ether oxygens (including phenoxy) is 3. The fourth-order valence-electron chi connectivity index (χ4n) is 4.02. The summed E-state index contributed by atoms with van der Waals surface area (Å²) in [5, 5.41) is 2.74. The largest absolute Gasteiger partial charge is 0.491 e. The van der Waals surface area contributed by atoms with Gasteiger partial charge < -0.3 is 29.3 Å². The number of benzene rings is 1. The Balaban J connectivity index is 1.93. The Morgan fingerprint density at radius 2 is 1.97 bits per heavy atom. The van der Waals surface area contributed by atoms with Gasteiger partial charge in [0.2, 0.25) is 5.91 Å². The number of likely N-dealkylation sites (N-methyl/N-ethyl adjacent to an activating group) is 1. The van der Waals surface area contributed by atoms with E-state index >= 15 is 0 Å². The number of hydrogen-bond donors (Lipinski definition) is 1. The summed E-state index contributed by atoms with van der Waals surface area (Å²) >= 11 is 0. The van der Waals surface area contributed by atoms with Crippen molar-refractivity contribution in [2.75, 3.05) is 52.9 Å². The van der Waals surface area contributed by atoms with E-state index in [4.69, 9.17) is 14.2 Å². The number of carbonyl (C=O) groups excluding carboxylic acids is 3. The number of hydrogen-bond acceptors (Lipinski definition) is 8. The molecule has 11 nitrogen and oxygen atoms in total. The minimum Gasteiger partial charge on any atom is -0.491 e. The van der Waals surface area contributed by atoms with Crippen LogP contribution in [-0.4, -0.2) is 97.2 Å². The zero-order valence-corrected chi connectivity index (χ0v) is 21.3. The Morgan fingerprint density at radius 3 is 2.64 bits per heavy atom. The quantitative estimate of drug-likeness (QED) is 0.660. The van der Waals surface area contributed by atoms with Crippen molar-refractivity contribution < 1.29 is 28.6 Å². The van der Waals surface area contributed by atoms with Crippen LogP contribution in [0.4, 0.5) is 5.69 Å². The highest BCUT2D eigenvalue weighted by molar-refractivity contribution is 6.04. The average molecular weight is 500 g/mol. The van der Waals surface area contributed by atoms with Crippen LogP contribution in [0.3, 0.4) is 0 Å². The van der Waals surface area contributed by atoms with Gasteiger partial charge in [-0.3, -0.25) is 19.4 Å². The molecule has 2 aromatic rings. The van der Waals surface area contributed by atoms with E-state index in [2.05, 4.69) is 15.3 Å². The van der Waals surface area contributed by atoms with E-state index in [1.807, 2.05) is 13.8 Å². The summed E-state index contributed by atoms with van der Waals surface area (Å²) in [5.74, 6) is -0.607. The van der Waals surface area contributed by atoms with Crippen LogP contribution in [0.1, 0.15) is 34.7 Å². The molecule has 0 saturated heterocycles. The molecule has 1 aromatic carbocycles. The molecule has 0 unspecified atom stereocenters. The smallest absolute Gasteiger partial charge is 0.275 e. The van der Waals surface area contributed by atoms with Crippen molar-refractivity contribution in [3.63, 3.8) is 0 Å². The Bertz CT molecular complexity index is 1070. The van der Waals surface area contributed by atoms with Crippen LogP contribution >= 0.6 is 0 Å². The van der Waals surface area contributed by atoms with E-state index in [0.717, 1.165) is 0 Å². The van der Waals surface area contributed by atoms with Crippen molar-refractivity contribution in [1.82, 2.24) is 19.8 Å². The van der Waals surface area contributed by atoms with Gasteiger partial charge in [-0.05, 0) is 25.1 Å². The van der Waals surface area contributed by atoms with Gasteiger partial charge in [0.25, 0.3) is 11.8 Å². The van der Waals surface area contributed by atoms with Gasteiger partial charge in [-0.2, -0.15) is 0 Å². The number of aromatic nitrogens is 2. The van der Waals surface area contributed by atoms with Crippen LogP contribution < -0.4 is 10.1 Å². The number of nitrogens with one attached hydrogen (secondary N) is 1. The zero-order valence-electron chi connectivity index (χ0n) is 21.3. The maximum absolute atomic E-state index is 13.4. The predicted molar refractivity (Wildman–Crippen MR) is 132 cm³/mol. The lowest BCUT2D eigenvalue weighted by molar-refractivity contribution is -0.139. The molecule has 0 fully saturated rings. The lowest BCUT2D eigenvalue weighted by Crippen LogP contribution is -2.49. The van der Waals surface area contributed by atoms with Crippen LogP contribution in [0.15, 0.2) is 36.8 Å². The molecule has 3 atom stereocenters. The molecule has 0 saturated carbocycles. The van der Waals surface area contributed by atoms with Gasteiger partial charge in [-0.15, -0.1) is 0 Å². The first kappa shape index (κ1) is 27.0. The number of anilines is 1. The highest BCUT2D eigenvalue weighted by Gasteiger charge is 2.30. The molecule has 1 aromatic heterocycles. The number of rotatable bonds is 5. The van der Waals surface area contributed by atoms with Gasteiger partial charge in [0.1, 0.15) is 24.7 Å². The molecule has 36 heavy (non-hydrogen) atoms. The fourth-order valence-corrected chi connectivity index (χ4v) is 4.02. The summed E-state index contributed by atoms with van der Waals surface area (Å²) in [6, 6.07) is 4.55. The minimum absolute atomic E-state index is 0.0431. The van der Waals surface area contributed by atoms with Crippen molar-refractivity contribution in [3.05, 3.63) is 48.0 Å². The zero-order chi connectivity index (χ0) is 26.2. The highest BCUT2D eigenvalue weighted by Crippen LogP contribution is 2.26. The Hall–Kier alpha value is -3.57. The lowest BCUT2D eigenvalue weighted by atomic mass is 10.0. The predicted octanol–water partition coefficient (Wildman–Crippen LogP) is 1.71. The van der Waals surface area contributed by atoms with E-state index in [9.17, 15) is 14.4 Å². The monoisotopic (exact) mass is 499 g/mol. The molecule has 194 valence electrons. The van der Waals surface area contributed by atoms with Crippen LogP contribution in [0.25, 0.3) is 0 Å². The molecular formula is C25H33N5O6. The van der Waals surface area contributed by atoms with Crippen molar-refractivity contribution >= 4 is 23.4 Å². The third kappa shape index (κ3) is 6.55. The van der Waals surface area contributed by atoms with E-state index < -0.39 is 5.91 Å². The second-order valence-corrected chi connectivity index (χ2v) is 8.83. The van der Waals surface area contributed by atoms with Crippen molar-refractivity contribution in [2.24, 2.45) is 5.92 Å². The first-order valence-corrected chi connectivity index (χ1v) is 11.7. The molecule has 3 rings (SSSR count). The molecule has 1 aliphatic heterocycles. The molecule has 2 heterocycles. The molecule has 11 heteroatoms. The Labute approximate surface area is 210 Å². The van der Waals surface area contributed by atoms with Crippen molar-refractivity contribution in [3.8, 4) is 5.75 Å². The van der Waals surface area contributed by atoms with Crippen molar-refractivity contribution in [2.45, 2.75) is 26.0 Å². The van der Waals surface area contributed by atoms with Gasteiger partial charge in [0.05, 0.1) is 23.9 Å².